The summed E-state index contributed by atoms with van der Waals surface area (Å²) in [5.74, 6) is -0.0730. The number of anilines is 2. The maximum absolute atomic E-state index is 12.3. The number of nitrogens with zero attached hydrogens (tertiary/aromatic N) is 4. The van der Waals surface area contributed by atoms with Crippen LogP contribution < -0.4 is 19.7 Å². The Morgan fingerprint density at radius 2 is 2.00 bits per heavy atom. The second-order valence-corrected chi connectivity index (χ2v) is 10.7. The molecule has 1 saturated heterocycles. The van der Waals surface area contributed by atoms with Crippen molar-refractivity contribution in [2.45, 2.75) is 63.4 Å². The second kappa shape index (κ2) is 9.70. The van der Waals surface area contributed by atoms with Crippen LogP contribution in [0.15, 0.2) is 6.20 Å². The van der Waals surface area contributed by atoms with Gasteiger partial charge in [0.2, 0.25) is 15.7 Å². The Labute approximate surface area is 194 Å². The van der Waals surface area contributed by atoms with Gasteiger partial charge in [-0.3, -0.25) is 5.32 Å². The van der Waals surface area contributed by atoms with E-state index < -0.39 is 34.4 Å². The van der Waals surface area contributed by atoms with Gasteiger partial charge in [0.25, 0.3) is 0 Å². The molecule has 2 fully saturated rings. The maximum atomic E-state index is 12.3. The Morgan fingerprint density at radius 3 is 2.68 bits per heavy atom. The molecule has 1 atom stereocenters. The molecular formula is C19H29F3N7O4S+. The molecule has 1 aliphatic carbocycles. The van der Waals surface area contributed by atoms with Gasteiger partial charge in [0, 0.05) is 19.1 Å². The van der Waals surface area contributed by atoms with Gasteiger partial charge in [0.15, 0.2) is 5.82 Å². The van der Waals surface area contributed by atoms with Crippen molar-refractivity contribution in [3.05, 3.63) is 6.20 Å². The number of aromatic amines is 1. The molecule has 0 spiro atoms. The monoisotopic (exact) mass is 508 g/mol. The molecular weight excluding hydrogens is 479 g/mol. The molecule has 0 radical (unpaired) electrons. The van der Waals surface area contributed by atoms with Crippen LogP contribution in [0.2, 0.25) is 0 Å². The molecule has 0 bridgehead atoms. The van der Waals surface area contributed by atoms with Gasteiger partial charge in [0.1, 0.15) is 11.6 Å². The molecule has 4 rings (SSSR count). The minimum atomic E-state index is -4.51. The molecule has 0 unspecified atom stereocenters. The van der Waals surface area contributed by atoms with E-state index in [1.54, 1.807) is 0 Å². The number of rotatable bonds is 7. The molecule has 34 heavy (non-hydrogen) atoms. The van der Waals surface area contributed by atoms with Crippen LogP contribution in [0, 0.1) is 0 Å². The van der Waals surface area contributed by atoms with Gasteiger partial charge < -0.3 is 14.8 Å². The first-order valence-electron chi connectivity index (χ1n) is 11.2. The fourth-order valence-electron chi connectivity index (χ4n) is 4.33. The van der Waals surface area contributed by atoms with Crippen molar-refractivity contribution >= 4 is 32.8 Å². The number of sulfonamides is 1. The van der Waals surface area contributed by atoms with Crippen LogP contribution in [0.1, 0.15) is 39.0 Å². The highest BCUT2D eigenvalue weighted by Gasteiger charge is 2.33. The lowest BCUT2D eigenvalue weighted by Gasteiger charge is -2.31. The Hall–Kier alpha value is -2.39. The Morgan fingerprint density at radius 1 is 1.29 bits per heavy atom. The summed E-state index contributed by atoms with van der Waals surface area (Å²) in [5.41, 5.74) is 0.507. The molecule has 190 valence electrons. The van der Waals surface area contributed by atoms with Crippen LogP contribution in [-0.4, -0.2) is 78.6 Å². The number of H-pyrrole nitrogens is 1. The fraction of sp³-hybridized carbons (Fsp3) is 0.737. The van der Waals surface area contributed by atoms with Gasteiger partial charge in [0.05, 0.1) is 30.9 Å². The summed E-state index contributed by atoms with van der Waals surface area (Å²) >= 11 is 0. The lowest BCUT2D eigenvalue weighted by Crippen LogP contribution is -2.43. The highest BCUT2D eigenvalue weighted by molar-refractivity contribution is 7.89. The lowest BCUT2D eigenvalue weighted by molar-refractivity contribution is -0.894. The number of fused-ring (bicyclic) bond motifs is 1. The summed E-state index contributed by atoms with van der Waals surface area (Å²) < 4.78 is 69.7. The third-order valence-corrected chi connectivity index (χ3v) is 7.49. The topological polar surface area (TPSA) is 136 Å². The number of hydrogen-bond acceptors (Lipinski definition) is 8. The van der Waals surface area contributed by atoms with Crippen LogP contribution in [0.3, 0.4) is 0 Å². The van der Waals surface area contributed by atoms with Crippen molar-refractivity contribution < 1.29 is 36.3 Å². The first kappa shape index (κ1) is 24.7. The molecule has 2 aromatic rings. The highest BCUT2D eigenvalue weighted by atomic mass is 32.2. The molecule has 1 saturated carbocycles. The highest BCUT2D eigenvalue weighted by Crippen LogP contribution is 2.26. The van der Waals surface area contributed by atoms with E-state index in [4.69, 9.17) is 4.74 Å². The quantitative estimate of drug-likeness (QED) is 0.325. The van der Waals surface area contributed by atoms with Crippen LogP contribution >= 0.6 is 0 Å². The van der Waals surface area contributed by atoms with Crippen LogP contribution in [0.5, 0.6) is 0 Å². The van der Waals surface area contributed by atoms with E-state index in [1.807, 2.05) is 6.92 Å². The standard InChI is InChI=1S/C19H28F3N7O4S/c1-12-10-28(7-8-33-12)17-15-11-29(30)18(24-16(15)25-26-17)23-13-2-4-14(5-3-13)27-34(31,32)9-6-19(20,21)22/h11-14,27,30H,2-10H2,1H3,(H,23,24,25)/p+1/t12-,13?,14?/m0/s1. The average molecular weight is 509 g/mol. The molecule has 2 aliphatic rings. The zero-order valence-corrected chi connectivity index (χ0v) is 19.5. The SMILES string of the molecule is C[C@H]1CN(c2n[nH]c3nc(NC4CCC(NS(=O)(=O)CCC(F)(F)F)CC4)[n+](O)cc23)CCO1. The van der Waals surface area contributed by atoms with E-state index in [9.17, 15) is 26.8 Å². The number of nitrogens with one attached hydrogen (secondary N) is 3. The predicted molar refractivity (Wildman–Crippen MR) is 116 cm³/mol. The van der Waals surface area contributed by atoms with Crippen molar-refractivity contribution in [2.75, 3.05) is 35.7 Å². The normalized spacial score (nSPS) is 24.5. The van der Waals surface area contributed by atoms with Crippen molar-refractivity contribution in [3.63, 3.8) is 0 Å². The Bertz CT molecular complexity index is 1100. The molecule has 4 N–H and O–H groups in total. The Kier molecular flexibility index (Phi) is 7.05. The zero-order valence-electron chi connectivity index (χ0n) is 18.7. The van der Waals surface area contributed by atoms with Gasteiger partial charge in [-0.05, 0) is 37.6 Å². The van der Waals surface area contributed by atoms with E-state index in [2.05, 4.69) is 30.1 Å². The third-order valence-electron chi connectivity index (χ3n) is 6.05. The molecule has 1 aliphatic heterocycles. The van der Waals surface area contributed by atoms with Gasteiger partial charge in [-0.15, -0.1) is 0 Å². The number of alkyl halides is 3. The summed E-state index contributed by atoms with van der Waals surface area (Å²) in [7, 11) is -4.00. The van der Waals surface area contributed by atoms with Crippen LogP contribution in [0.4, 0.5) is 24.9 Å². The fourth-order valence-corrected chi connectivity index (χ4v) is 5.69. The molecule has 11 nitrogen and oxygen atoms in total. The summed E-state index contributed by atoms with van der Waals surface area (Å²) in [6.45, 7) is 3.92. The van der Waals surface area contributed by atoms with Gasteiger partial charge in [-0.1, -0.05) is 4.73 Å². The summed E-state index contributed by atoms with van der Waals surface area (Å²) in [6, 6.07) is -0.499. The zero-order chi connectivity index (χ0) is 24.5. The summed E-state index contributed by atoms with van der Waals surface area (Å²) in [4.78, 5) is 6.51. The second-order valence-electron chi connectivity index (χ2n) is 8.84. The van der Waals surface area contributed by atoms with Crippen molar-refractivity contribution in [1.29, 1.82) is 0 Å². The van der Waals surface area contributed by atoms with Gasteiger partial charge in [-0.25, -0.2) is 18.2 Å². The smallest absolute Gasteiger partial charge is 0.375 e. The van der Waals surface area contributed by atoms with Crippen LogP contribution in [0.25, 0.3) is 11.0 Å². The van der Waals surface area contributed by atoms with Crippen molar-refractivity contribution in [2.24, 2.45) is 0 Å². The number of hydrogen-bond donors (Lipinski definition) is 4. The van der Waals surface area contributed by atoms with Crippen molar-refractivity contribution in [1.82, 2.24) is 19.9 Å². The number of aromatic nitrogens is 4. The maximum Gasteiger partial charge on any atom is 0.430 e. The molecule has 2 aromatic heterocycles. The van der Waals surface area contributed by atoms with Crippen molar-refractivity contribution in [3.8, 4) is 0 Å². The van der Waals surface area contributed by atoms with Crippen LogP contribution in [-0.2, 0) is 14.8 Å². The minimum Gasteiger partial charge on any atom is -0.375 e. The number of halogens is 3. The minimum absolute atomic E-state index is 0.0693. The molecule has 0 aromatic carbocycles. The summed E-state index contributed by atoms with van der Waals surface area (Å²) in [6.07, 6.45) is -2.24. The van der Waals surface area contributed by atoms with E-state index in [0.29, 0.717) is 62.2 Å². The third kappa shape index (κ3) is 6.18. The predicted octanol–water partition coefficient (Wildman–Crippen LogP) is 1.30. The lowest BCUT2D eigenvalue weighted by atomic mass is 9.92. The number of morpholine rings is 1. The van der Waals surface area contributed by atoms with Gasteiger partial charge in [-0.2, -0.15) is 18.3 Å². The molecule has 0 amide bonds. The average Bonchev–Trinajstić information content (AvgIpc) is 3.16. The number of ether oxygens (including phenoxy) is 1. The largest absolute Gasteiger partial charge is 0.430 e. The van der Waals surface area contributed by atoms with E-state index in [1.165, 1.54) is 6.20 Å². The van der Waals surface area contributed by atoms with E-state index >= 15 is 0 Å². The van der Waals surface area contributed by atoms with E-state index in [-0.39, 0.29) is 18.1 Å². The molecule has 3 heterocycles. The van der Waals surface area contributed by atoms with Gasteiger partial charge >= 0.3 is 12.1 Å². The first-order chi connectivity index (χ1) is 16.0. The molecule has 15 heteroatoms. The van der Waals surface area contributed by atoms with E-state index in [0.717, 1.165) is 4.73 Å². The Balaban J connectivity index is 1.34. The summed E-state index contributed by atoms with van der Waals surface area (Å²) in [5, 5.41) is 21.6. The first-order valence-corrected chi connectivity index (χ1v) is 12.8.